The predicted octanol–water partition coefficient (Wildman–Crippen LogP) is 0.246. The van der Waals surface area contributed by atoms with Crippen molar-refractivity contribution in [2.45, 2.75) is 38.1 Å². The zero-order valence-corrected chi connectivity index (χ0v) is 18.4. The van der Waals surface area contributed by atoms with Crippen molar-refractivity contribution in [3.63, 3.8) is 0 Å². The summed E-state index contributed by atoms with van der Waals surface area (Å²) < 4.78 is 15.8. The van der Waals surface area contributed by atoms with Crippen LogP contribution in [0.4, 0.5) is 0 Å². The summed E-state index contributed by atoms with van der Waals surface area (Å²) in [6.45, 7) is 3.10. The molecule has 0 aromatic heterocycles. The molecule has 0 radical (unpaired) electrons. The van der Waals surface area contributed by atoms with Crippen LogP contribution in [-0.4, -0.2) is 88.4 Å². The van der Waals surface area contributed by atoms with Gasteiger partial charge in [-0.25, -0.2) is 0 Å². The Balaban J connectivity index is 1.60. The maximum atomic E-state index is 13.1. The number of likely N-dealkylation sites (tertiary alicyclic amines) is 1. The van der Waals surface area contributed by atoms with Crippen molar-refractivity contribution in [1.82, 2.24) is 15.5 Å². The van der Waals surface area contributed by atoms with Crippen molar-refractivity contribution >= 4 is 17.7 Å². The molecule has 0 aromatic rings. The molecule has 1 spiro atoms. The Morgan fingerprint density at radius 3 is 2.84 bits per heavy atom. The zero-order valence-electron chi connectivity index (χ0n) is 18.4. The minimum Gasteiger partial charge on any atom is -0.382 e. The van der Waals surface area contributed by atoms with Gasteiger partial charge in [-0.15, -0.1) is 0 Å². The molecule has 3 amide bonds. The third-order valence-corrected chi connectivity index (χ3v) is 6.56. The molecule has 0 bridgehead atoms. The van der Waals surface area contributed by atoms with Crippen molar-refractivity contribution < 1.29 is 28.6 Å². The first-order valence-electron chi connectivity index (χ1n) is 11.2. The average molecular weight is 438 g/mol. The van der Waals surface area contributed by atoms with Crippen LogP contribution < -0.4 is 10.6 Å². The molecular weight excluding hydrogens is 402 g/mol. The maximum Gasteiger partial charge on any atom is 0.248 e. The lowest BCUT2D eigenvalue weighted by Gasteiger charge is -2.40. The maximum absolute atomic E-state index is 13.1. The molecular formula is C22H35N3O6. The Bertz CT molecular complexity index is 660. The van der Waals surface area contributed by atoms with Crippen LogP contribution in [-0.2, 0) is 28.6 Å². The largest absolute Gasteiger partial charge is 0.382 e. The molecule has 3 heterocycles. The third-order valence-electron chi connectivity index (χ3n) is 6.56. The number of carbonyl (C=O) groups excluding carboxylic acids is 3. The monoisotopic (exact) mass is 437 g/mol. The summed E-state index contributed by atoms with van der Waals surface area (Å²) >= 11 is 0. The average Bonchev–Trinajstić information content (AvgIpc) is 2.78. The van der Waals surface area contributed by atoms with E-state index in [2.05, 4.69) is 22.8 Å². The van der Waals surface area contributed by atoms with Gasteiger partial charge in [0.05, 0.1) is 31.8 Å². The number of hydrogen-bond donors (Lipinski definition) is 2. The van der Waals surface area contributed by atoms with Gasteiger partial charge >= 0.3 is 0 Å². The third kappa shape index (κ3) is 6.51. The second kappa shape index (κ2) is 11.6. The van der Waals surface area contributed by atoms with E-state index in [4.69, 9.17) is 14.2 Å². The lowest BCUT2D eigenvalue weighted by Crippen LogP contribution is -2.53. The Kier molecular flexibility index (Phi) is 8.86. The van der Waals surface area contributed by atoms with Crippen LogP contribution in [0.25, 0.3) is 0 Å². The molecule has 0 aliphatic carbocycles. The Morgan fingerprint density at radius 1 is 1.26 bits per heavy atom. The number of allylic oxidation sites excluding steroid dienone is 2. The van der Waals surface area contributed by atoms with Gasteiger partial charge in [-0.2, -0.15) is 0 Å². The zero-order chi connectivity index (χ0) is 22.1. The van der Waals surface area contributed by atoms with E-state index in [1.54, 1.807) is 12.0 Å². The van der Waals surface area contributed by atoms with Crippen molar-refractivity contribution in [3.8, 4) is 0 Å². The molecule has 0 aromatic carbocycles. The lowest BCUT2D eigenvalue weighted by molar-refractivity contribution is -0.144. The first-order chi connectivity index (χ1) is 15.0. The van der Waals surface area contributed by atoms with Gasteiger partial charge in [0.15, 0.2) is 0 Å². The number of fused-ring (bicyclic) bond motifs is 1. The Morgan fingerprint density at radius 2 is 2.06 bits per heavy atom. The van der Waals surface area contributed by atoms with Gasteiger partial charge in [0.1, 0.15) is 6.61 Å². The number of piperidine rings is 1. The summed E-state index contributed by atoms with van der Waals surface area (Å²) in [4.78, 5) is 39.6. The number of rotatable bonds is 5. The van der Waals surface area contributed by atoms with Crippen molar-refractivity contribution in [1.29, 1.82) is 0 Å². The van der Waals surface area contributed by atoms with E-state index >= 15 is 0 Å². The molecule has 0 saturated carbocycles. The lowest BCUT2D eigenvalue weighted by atomic mass is 9.74. The number of hydrogen-bond acceptors (Lipinski definition) is 6. The van der Waals surface area contributed by atoms with Crippen LogP contribution in [0, 0.1) is 11.3 Å². The van der Waals surface area contributed by atoms with E-state index in [1.165, 1.54) is 0 Å². The number of nitrogens with zero attached hydrogens (tertiary/aromatic N) is 1. The first kappa shape index (κ1) is 23.7. The number of ether oxygens (including phenoxy) is 3. The molecule has 3 aliphatic rings. The van der Waals surface area contributed by atoms with Gasteiger partial charge < -0.3 is 29.7 Å². The van der Waals surface area contributed by atoms with E-state index in [0.29, 0.717) is 58.8 Å². The second-order valence-electron chi connectivity index (χ2n) is 8.60. The fourth-order valence-electron chi connectivity index (χ4n) is 4.51. The SMILES string of the molecule is COCCOCC(=O)N1CCC2(C/C=C/C[C@H]3COCC[C@H]3NC(=O)CNC2=O)CC1. The summed E-state index contributed by atoms with van der Waals surface area (Å²) in [7, 11) is 1.59. The van der Waals surface area contributed by atoms with Crippen LogP contribution >= 0.6 is 0 Å². The number of methoxy groups -OCH3 is 1. The smallest absolute Gasteiger partial charge is 0.248 e. The summed E-state index contributed by atoms with van der Waals surface area (Å²) in [5, 5.41) is 5.90. The van der Waals surface area contributed by atoms with Crippen molar-refractivity contribution in [2.24, 2.45) is 11.3 Å². The number of amides is 3. The Labute approximate surface area is 183 Å². The van der Waals surface area contributed by atoms with Gasteiger partial charge in [-0.3, -0.25) is 14.4 Å². The topological polar surface area (TPSA) is 106 Å². The molecule has 3 rings (SSSR count). The first-order valence-corrected chi connectivity index (χ1v) is 11.2. The van der Waals surface area contributed by atoms with E-state index in [9.17, 15) is 14.4 Å². The second-order valence-corrected chi connectivity index (χ2v) is 8.60. The Hall–Kier alpha value is -1.97. The molecule has 2 atom stereocenters. The molecule has 3 aliphatic heterocycles. The highest BCUT2D eigenvalue weighted by atomic mass is 16.5. The van der Waals surface area contributed by atoms with Crippen LogP contribution in [0.1, 0.15) is 32.1 Å². The summed E-state index contributed by atoms with van der Waals surface area (Å²) in [5.74, 6) is -0.0963. The highest BCUT2D eigenvalue weighted by Gasteiger charge is 2.41. The van der Waals surface area contributed by atoms with Gasteiger partial charge in [0, 0.05) is 38.8 Å². The summed E-state index contributed by atoms with van der Waals surface area (Å²) in [6, 6.07) is 0.0801. The molecule has 2 N–H and O–H groups in total. The normalized spacial score (nSPS) is 28.0. The minimum absolute atomic E-state index is 0.0211. The molecule has 0 unspecified atom stereocenters. The number of nitrogens with one attached hydrogen (secondary N) is 2. The van der Waals surface area contributed by atoms with Crippen molar-refractivity contribution in [3.05, 3.63) is 12.2 Å². The summed E-state index contributed by atoms with van der Waals surface area (Å²) in [5.41, 5.74) is -0.605. The van der Waals surface area contributed by atoms with E-state index < -0.39 is 5.41 Å². The fourth-order valence-corrected chi connectivity index (χ4v) is 4.51. The van der Waals surface area contributed by atoms with E-state index in [0.717, 1.165) is 12.8 Å². The molecule has 9 nitrogen and oxygen atoms in total. The van der Waals surface area contributed by atoms with Crippen molar-refractivity contribution in [2.75, 3.05) is 59.8 Å². The molecule has 174 valence electrons. The van der Waals surface area contributed by atoms with Gasteiger partial charge in [-0.05, 0) is 32.1 Å². The number of carbonyl (C=O) groups is 3. The quantitative estimate of drug-likeness (QED) is 0.472. The van der Waals surface area contributed by atoms with Gasteiger partial charge in [0.2, 0.25) is 17.7 Å². The van der Waals surface area contributed by atoms with Gasteiger partial charge in [0.25, 0.3) is 0 Å². The molecule has 2 saturated heterocycles. The minimum atomic E-state index is -0.605. The van der Waals surface area contributed by atoms with Crippen LogP contribution in [0.15, 0.2) is 12.2 Å². The highest BCUT2D eigenvalue weighted by Crippen LogP contribution is 2.36. The fraction of sp³-hybridized carbons (Fsp3) is 0.773. The summed E-state index contributed by atoms with van der Waals surface area (Å²) in [6.07, 6.45) is 7.52. The standard InChI is InChI=1S/C22H35N3O6/c1-29-12-13-31-16-20(27)25-9-7-22(8-10-25)6-3-2-4-17-15-30-11-5-18(17)24-19(26)14-23-21(22)28/h2-3,17-18H,4-16H2,1H3,(H,23,28)(H,24,26)/b3-2+/t17-,18+/m0/s1. The van der Waals surface area contributed by atoms with Crippen LogP contribution in [0.2, 0.25) is 0 Å². The van der Waals surface area contributed by atoms with E-state index in [1.807, 2.05) is 0 Å². The van der Waals surface area contributed by atoms with Crippen LogP contribution in [0.3, 0.4) is 0 Å². The predicted molar refractivity (Wildman–Crippen MR) is 113 cm³/mol. The molecule has 31 heavy (non-hydrogen) atoms. The van der Waals surface area contributed by atoms with Gasteiger partial charge in [-0.1, -0.05) is 12.2 Å². The van der Waals surface area contributed by atoms with Crippen LogP contribution in [0.5, 0.6) is 0 Å². The molecule has 9 heteroatoms. The van der Waals surface area contributed by atoms with E-state index in [-0.39, 0.29) is 42.8 Å². The molecule has 2 fully saturated rings. The highest BCUT2D eigenvalue weighted by molar-refractivity contribution is 5.88.